The van der Waals surface area contributed by atoms with Crippen molar-refractivity contribution in [1.82, 2.24) is 0 Å². The smallest absolute Gasteiger partial charge is 0.0701 e. The van der Waals surface area contributed by atoms with Crippen LogP contribution in [0.4, 0.5) is 0 Å². The molecule has 25 heavy (non-hydrogen) atoms. The molecular weight excluding hydrogens is 324 g/mol. The molecule has 0 atom stereocenters. The molecule has 6 nitrogen and oxygen atoms in total. The summed E-state index contributed by atoms with van der Waals surface area (Å²) in [6.45, 7) is 16.9. The lowest BCUT2D eigenvalue weighted by molar-refractivity contribution is 0.0164. The molecule has 0 spiro atoms. The molecule has 0 aromatic carbocycles. The maximum atomic E-state index is 5.31. The van der Waals surface area contributed by atoms with E-state index in [9.17, 15) is 0 Å². The highest BCUT2D eigenvalue weighted by Gasteiger charge is 1.90. The second-order valence-corrected chi connectivity index (χ2v) is 5.20. The Labute approximate surface area is 155 Å². The highest BCUT2D eigenvalue weighted by Crippen LogP contribution is 1.88. The minimum Gasteiger partial charge on any atom is -0.379 e. The van der Waals surface area contributed by atoms with Gasteiger partial charge in [-0.25, -0.2) is 0 Å². The van der Waals surface area contributed by atoms with E-state index in [2.05, 4.69) is 13.8 Å². The summed E-state index contributed by atoms with van der Waals surface area (Å²) in [5, 5.41) is 0. The first-order valence-electron chi connectivity index (χ1n) is 9.79. The Balaban J connectivity index is 0. The van der Waals surface area contributed by atoms with Crippen molar-refractivity contribution < 1.29 is 28.4 Å². The predicted molar refractivity (Wildman–Crippen MR) is 101 cm³/mol. The van der Waals surface area contributed by atoms with E-state index in [0.717, 1.165) is 39.3 Å². The third kappa shape index (κ3) is 32.0. The Bertz CT molecular complexity index is 184. The van der Waals surface area contributed by atoms with Crippen LogP contribution < -0.4 is 0 Å². The SMILES string of the molecule is CCCCOCCOCCOCC.CCCOCCOCCOCC. The van der Waals surface area contributed by atoms with Crippen molar-refractivity contribution in [3.05, 3.63) is 0 Å². The van der Waals surface area contributed by atoms with Gasteiger partial charge >= 0.3 is 0 Å². The van der Waals surface area contributed by atoms with E-state index in [1.165, 1.54) is 6.42 Å². The van der Waals surface area contributed by atoms with Gasteiger partial charge in [-0.1, -0.05) is 20.3 Å². The summed E-state index contributed by atoms with van der Waals surface area (Å²) in [4.78, 5) is 0. The second kappa shape index (κ2) is 28.6. The molecule has 0 bridgehead atoms. The van der Waals surface area contributed by atoms with Crippen LogP contribution in [0.2, 0.25) is 0 Å². The fraction of sp³-hybridized carbons (Fsp3) is 1.00. The Morgan fingerprint density at radius 1 is 0.360 bits per heavy atom. The lowest BCUT2D eigenvalue weighted by Crippen LogP contribution is -2.09. The van der Waals surface area contributed by atoms with Crippen molar-refractivity contribution in [2.24, 2.45) is 0 Å². The molecule has 0 amide bonds. The van der Waals surface area contributed by atoms with Gasteiger partial charge in [-0.15, -0.1) is 0 Å². The Kier molecular flexibility index (Phi) is 30.8. The van der Waals surface area contributed by atoms with Gasteiger partial charge in [-0.2, -0.15) is 0 Å². The van der Waals surface area contributed by atoms with Gasteiger partial charge in [0.15, 0.2) is 0 Å². The standard InChI is InChI=1S/C10H22O3.C9H20O3/c1-3-5-6-12-9-10-13-8-7-11-4-2;1-3-5-11-8-9-12-7-6-10-4-2/h3-10H2,1-2H3;3-9H2,1-2H3. The topological polar surface area (TPSA) is 55.4 Å². The molecule has 0 unspecified atom stereocenters. The third-order valence-corrected chi connectivity index (χ3v) is 2.89. The Morgan fingerprint density at radius 3 is 1.08 bits per heavy atom. The molecule has 0 aliphatic heterocycles. The first-order valence-corrected chi connectivity index (χ1v) is 9.79. The molecule has 0 aromatic heterocycles. The van der Waals surface area contributed by atoms with Gasteiger partial charge in [0, 0.05) is 26.4 Å². The second-order valence-electron chi connectivity index (χ2n) is 5.20. The maximum absolute atomic E-state index is 5.31. The van der Waals surface area contributed by atoms with Gasteiger partial charge < -0.3 is 28.4 Å². The van der Waals surface area contributed by atoms with Crippen LogP contribution in [0.5, 0.6) is 0 Å². The average Bonchev–Trinajstić information content (AvgIpc) is 2.63. The van der Waals surface area contributed by atoms with Crippen molar-refractivity contribution >= 4 is 0 Å². The summed E-state index contributed by atoms with van der Waals surface area (Å²) in [6, 6.07) is 0. The molecule has 0 radical (unpaired) electrons. The van der Waals surface area contributed by atoms with Gasteiger partial charge in [-0.05, 0) is 26.7 Å². The first kappa shape index (κ1) is 27.0. The summed E-state index contributed by atoms with van der Waals surface area (Å²) < 4.78 is 31.2. The molecule has 0 saturated heterocycles. The fourth-order valence-electron chi connectivity index (χ4n) is 1.56. The van der Waals surface area contributed by atoms with Crippen LogP contribution in [0, 0.1) is 0 Å². The van der Waals surface area contributed by atoms with Crippen LogP contribution in [0.25, 0.3) is 0 Å². The summed E-state index contributed by atoms with van der Waals surface area (Å²) in [5.74, 6) is 0. The van der Waals surface area contributed by atoms with E-state index < -0.39 is 0 Å². The molecule has 0 saturated carbocycles. The quantitative estimate of drug-likeness (QED) is 0.327. The molecule has 0 N–H and O–H groups in total. The minimum atomic E-state index is 0.670. The van der Waals surface area contributed by atoms with Gasteiger partial charge in [-0.3, -0.25) is 0 Å². The van der Waals surface area contributed by atoms with Crippen LogP contribution in [0.15, 0.2) is 0 Å². The van der Waals surface area contributed by atoms with E-state index in [1.54, 1.807) is 0 Å². The Hall–Kier alpha value is -0.240. The number of ether oxygens (including phenoxy) is 6. The molecule has 0 fully saturated rings. The largest absolute Gasteiger partial charge is 0.379 e. The van der Waals surface area contributed by atoms with E-state index in [-0.39, 0.29) is 0 Å². The molecule has 0 aliphatic carbocycles. The van der Waals surface area contributed by atoms with Crippen molar-refractivity contribution in [3.8, 4) is 0 Å². The van der Waals surface area contributed by atoms with Crippen LogP contribution in [0.1, 0.15) is 47.0 Å². The monoisotopic (exact) mass is 366 g/mol. The lowest BCUT2D eigenvalue weighted by Gasteiger charge is -2.05. The van der Waals surface area contributed by atoms with Crippen LogP contribution in [-0.2, 0) is 28.4 Å². The van der Waals surface area contributed by atoms with Crippen LogP contribution in [0.3, 0.4) is 0 Å². The van der Waals surface area contributed by atoms with E-state index in [4.69, 9.17) is 28.4 Å². The zero-order valence-electron chi connectivity index (χ0n) is 17.1. The van der Waals surface area contributed by atoms with Crippen molar-refractivity contribution in [3.63, 3.8) is 0 Å². The molecule has 0 aliphatic rings. The molecular formula is C19H42O6. The highest BCUT2D eigenvalue weighted by atomic mass is 16.5. The maximum Gasteiger partial charge on any atom is 0.0701 e. The first-order chi connectivity index (χ1) is 12.3. The zero-order chi connectivity index (χ0) is 18.8. The molecule has 154 valence electrons. The summed E-state index contributed by atoms with van der Waals surface area (Å²) in [5.41, 5.74) is 0. The molecule has 0 rings (SSSR count). The van der Waals surface area contributed by atoms with E-state index >= 15 is 0 Å². The number of hydrogen-bond acceptors (Lipinski definition) is 6. The van der Waals surface area contributed by atoms with Gasteiger partial charge in [0.2, 0.25) is 0 Å². The molecule has 0 heterocycles. The predicted octanol–water partition coefficient (Wildman–Crippen LogP) is 3.32. The molecule has 6 heteroatoms. The van der Waals surface area contributed by atoms with Crippen LogP contribution in [-0.4, -0.2) is 79.3 Å². The normalized spacial score (nSPS) is 10.6. The van der Waals surface area contributed by atoms with E-state index in [1.807, 2.05) is 13.8 Å². The highest BCUT2D eigenvalue weighted by molar-refractivity contribution is 4.34. The van der Waals surface area contributed by atoms with Crippen molar-refractivity contribution in [1.29, 1.82) is 0 Å². The van der Waals surface area contributed by atoms with Gasteiger partial charge in [0.05, 0.1) is 52.9 Å². The minimum absolute atomic E-state index is 0.670. The van der Waals surface area contributed by atoms with Crippen LogP contribution >= 0.6 is 0 Å². The summed E-state index contributed by atoms with van der Waals surface area (Å²) in [7, 11) is 0. The fourth-order valence-corrected chi connectivity index (χ4v) is 1.56. The number of hydrogen-bond donors (Lipinski definition) is 0. The zero-order valence-corrected chi connectivity index (χ0v) is 17.1. The lowest BCUT2D eigenvalue weighted by atomic mass is 10.4. The van der Waals surface area contributed by atoms with Gasteiger partial charge in [0.1, 0.15) is 0 Å². The van der Waals surface area contributed by atoms with Gasteiger partial charge in [0.25, 0.3) is 0 Å². The van der Waals surface area contributed by atoms with Crippen molar-refractivity contribution in [2.45, 2.75) is 47.0 Å². The third-order valence-electron chi connectivity index (χ3n) is 2.89. The van der Waals surface area contributed by atoms with Crippen molar-refractivity contribution in [2.75, 3.05) is 79.3 Å². The number of rotatable bonds is 19. The molecule has 0 aromatic rings. The number of unbranched alkanes of at least 4 members (excludes halogenated alkanes) is 1. The summed E-state index contributed by atoms with van der Waals surface area (Å²) >= 11 is 0. The summed E-state index contributed by atoms with van der Waals surface area (Å²) in [6.07, 6.45) is 3.39. The average molecular weight is 367 g/mol. The van der Waals surface area contributed by atoms with E-state index in [0.29, 0.717) is 52.9 Å². The Morgan fingerprint density at radius 2 is 0.720 bits per heavy atom.